The average molecular weight is 454 g/mol. The van der Waals surface area contributed by atoms with Gasteiger partial charge in [0.15, 0.2) is 0 Å². The largest absolute Gasteiger partial charge is 0.528 e. The summed E-state index contributed by atoms with van der Waals surface area (Å²) in [6, 6.07) is 3.23. The Hall–Kier alpha value is -3.33. The molecule has 0 bridgehead atoms. The van der Waals surface area contributed by atoms with Gasteiger partial charge < -0.3 is 14.9 Å². The van der Waals surface area contributed by atoms with Crippen molar-refractivity contribution in [1.29, 1.82) is 5.26 Å². The lowest BCUT2D eigenvalue weighted by molar-refractivity contribution is -0.160. The van der Waals surface area contributed by atoms with Gasteiger partial charge in [-0.2, -0.15) is 18.4 Å². The van der Waals surface area contributed by atoms with Crippen LogP contribution in [0.3, 0.4) is 0 Å². The quantitative estimate of drug-likeness (QED) is 0.539. The number of alkyl halides is 3. The maximum Gasteiger partial charge on any atom is 0.528 e. The van der Waals surface area contributed by atoms with Crippen molar-refractivity contribution in [2.45, 2.75) is 50.9 Å². The summed E-state index contributed by atoms with van der Waals surface area (Å²) in [6.07, 6.45) is -5.60. The predicted molar refractivity (Wildman–Crippen MR) is 103 cm³/mol. The molecule has 9 nitrogen and oxygen atoms in total. The fraction of sp³-hybridized carbons (Fsp3) is 0.500. The minimum atomic E-state index is -4.83. The molecule has 0 saturated carbocycles. The van der Waals surface area contributed by atoms with E-state index < -0.39 is 46.5 Å². The summed E-state index contributed by atoms with van der Waals surface area (Å²) in [4.78, 5) is 43.1. The molecule has 32 heavy (non-hydrogen) atoms. The maximum atomic E-state index is 13.3. The fourth-order valence-electron chi connectivity index (χ4n) is 3.53. The third-order valence-electron chi connectivity index (χ3n) is 5.02. The molecule has 0 aromatic heterocycles. The van der Waals surface area contributed by atoms with Crippen LogP contribution < -0.4 is 10.2 Å². The van der Waals surface area contributed by atoms with Gasteiger partial charge in [0.2, 0.25) is 0 Å². The summed E-state index contributed by atoms with van der Waals surface area (Å²) < 4.78 is 44.9. The van der Waals surface area contributed by atoms with Gasteiger partial charge >= 0.3 is 18.4 Å². The first kappa shape index (κ1) is 23.3. The Bertz CT molecular complexity index is 988. The molecule has 172 valence electrons. The lowest BCUT2D eigenvalue weighted by Crippen LogP contribution is -2.55. The first-order chi connectivity index (χ1) is 14.8. The second-order valence-electron chi connectivity index (χ2n) is 8.48. The minimum Gasteiger partial charge on any atom is -0.427 e. The van der Waals surface area contributed by atoms with E-state index >= 15 is 0 Å². The molecule has 3 rings (SSSR count). The number of rotatable bonds is 2. The second kappa shape index (κ2) is 7.98. The summed E-state index contributed by atoms with van der Waals surface area (Å²) in [5.74, 6) is -0.711. The number of anilines is 1. The molecular weight excluding hydrogens is 433 g/mol. The number of hydroxylamine groups is 2. The topological polar surface area (TPSA) is 112 Å². The zero-order valence-corrected chi connectivity index (χ0v) is 17.6. The Labute approximate surface area is 181 Å². The van der Waals surface area contributed by atoms with E-state index in [0.29, 0.717) is 11.0 Å². The summed E-state index contributed by atoms with van der Waals surface area (Å²) in [7, 11) is 0. The molecule has 2 aliphatic rings. The van der Waals surface area contributed by atoms with Crippen LogP contribution in [0, 0.1) is 11.3 Å². The van der Waals surface area contributed by atoms with Crippen molar-refractivity contribution in [2.24, 2.45) is 0 Å². The molecule has 3 amide bonds. The summed E-state index contributed by atoms with van der Waals surface area (Å²) in [5, 5.41) is 12.8. The Morgan fingerprint density at radius 2 is 1.81 bits per heavy atom. The number of carbonyl (C=O) groups excluding carboxylic acids is 3. The van der Waals surface area contributed by atoms with Crippen molar-refractivity contribution >= 4 is 23.8 Å². The number of ether oxygens (including phenoxy) is 1. The number of hydrogen-bond donors (Lipinski definition) is 1. The number of nitrogens with zero attached hydrogens (tertiary/aromatic N) is 3. The van der Waals surface area contributed by atoms with E-state index in [4.69, 9.17) is 14.8 Å². The molecule has 0 radical (unpaired) electrons. The number of piperidine rings is 1. The molecule has 1 aromatic rings. The van der Waals surface area contributed by atoms with E-state index in [-0.39, 0.29) is 31.6 Å². The van der Waals surface area contributed by atoms with E-state index in [2.05, 4.69) is 5.32 Å². The minimum absolute atomic E-state index is 0.0687. The van der Waals surface area contributed by atoms with Crippen LogP contribution in [-0.2, 0) is 20.5 Å². The number of nitrogens with one attached hydrogen (secondary N) is 1. The van der Waals surface area contributed by atoms with Crippen molar-refractivity contribution in [2.75, 3.05) is 18.0 Å². The smallest absolute Gasteiger partial charge is 0.427 e. The number of hydrogen-bond acceptors (Lipinski definition) is 7. The van der Waals surface area contributed by atoms with E-state index in [0.717, 1.165) is 12.1 Å². The second-order valence-corrected chi connectivity index (χ2v) is 8.48. The fourth-order valence-corrected chi connectivity index (χ4v) is 3.53. The van der Waals surface area contributed by atoms with Crippen LogP contribution >= 0.6 is 0 Å². The standard InChI is InChI=1S/C20H21F3N4O5/c1-18(2,3)31-17(30)32-26-8-6-19(7-9-26)15(28)27(16(29)25-19)13-5-4-12(11-24)14(10-13)20(21,22)23/h4-5,10H,6-9H2,1-3H3,(H,25,29). The summed E-state index contributed by atoms with van der Waals surface area (Å²) >= 11 is 0. The molecule has 1 aromatic carbocycles. The normalized spacial score (nSPS) is 19.0. The molecule has 2 aliphatic heterocycles. The maximum absolute atomic E-state index is 13.3. The van der Waals surface area contributed by atoms with Crippen molar-refractivity contribution in [1.82, 2.24) is 10.4 Å². The van der Waals surface area contributed by atoms with Gasteiger partial charge in [-0.3, -0.25) is 4.79 Å². The third-order valence-corrected chi connectivity index (χ3v) is 5.02. The number of halogens is 3. The SMILES string of the molecule is CC(C)(C)OC(=O)ON1CCC2(CC1)NC(=O)N(c1ccc(C#N)c(C(F)(F)F)c1)C2=O. The summed E-state index contributed by atoms with van der Waals surface area (Å²) in [5.41, 5.74) is -4.23. The van der Waals surface area contributed by atoms with Crippen molar-refractivity contribution < 1.29 is 37.1 Å². The zero-order valence-electron chi connectivity index (χ0n) is 17.6. The van der Waals surface area contributed by atoms with Crippen LogP contribution in [0.5, 0.6) is 0 Å². The number of benzene rings is 1. The summed E-state index contributed by atoms with van der Waals surface area (Å²) in [6.45, 7) is 5.22. The molecule has 1 spiro atoms. The average Bonchev–Trinajstić information content (AvgIpc) is 2.91. The lowest BCUT2D eigenvalue weighted by atomic mass is 9.88. The molecule has 1 N–H and O–H groups in total. The van der Waals surface area contributed by atoms with Crippen molar-refractivity contribution in [3.05, 3.63) is 29.3 Å². The Kier molecular flexibility index (Phi) is 5.82. The van der Waals surface area contributed by atoms with Crippen LogP contribution in [0.2, 0.25) is 0 Å². The van der Waals surface area contributed by atoms with Gasteiger partial charge in [-0.05, 0) is 51.8 Å². The van der Waals surface area contributed by atoms with Gasteiger partial charge in [0.1, 0.15) is 11.1 Å². The van der Waals surface area contributed by atoms with Gasteiger partial charge in [-0.25, -0.2) is 14.5 Å². The molecule has 2 saturated heterocycles. The molecule has 0 atom stereocenters. The highest BCUT2D eigenvalue weighted by Gasteiger charge is 2.53. The van der Waals surface area contributed by atoms with Crippen LogP contribution in [0.25, 0.3) is 0 Å². The highest BCUT2D eigenvalue weighted by Crippen LogP contribution is 2.37. The molecule has 2 heterocycles. The Morgan fingerprint density at radius 1 is 1.19 bits per heavy atom. The molecule has 0 unspecified atom stereocenters. The van der Waals surface area contributed by atoms with Gasteiger partial charge in [-0.1, -0.05) is 0 Å². The van der Waals surface area contributed by atoms with E-state index in [1.807, 2.05) is 0 Å². The molecule has 0 aliphatic carbocycles. The van der Waals surface area contributed by atoms with Crippen LogP contribution in [-0.4, -0.2) is 47.4 Å². The van der Waals surface area contributed by atoms with Gasteiger partial charge in [-0.15, -0.1) is 5.06 Å². The first-order valence-corrected chi connectivity index (χ1v) is 9.70. The Morgan fingerprint density at radius 3 is 2.34 bits per heavy atom. The first-order valence-electron chi connectivity index (χ1n) is 9.70. The number of urea groups is 1. The van der Waals surface area contributed by atoms with Crippen molar-refractivity contribution in [3.63, 3.8) is 0 Å². The predicted octanol–water partition coefficient (Wildman–Crippen LogP) is 3.33. The molecular formula is C20H21F3N4O5. The van der Waals surface area contributed by atoms with Gasteiger partial charge in [0.05, 0.1) is 22.9 Å². The van der Waals surface area contributed by atoms with Crippen LogP contribution in [0.4, 0.5) is 28.4 Å². The number of carbonyl (C=O) groups is 3. The van der Waals surface area contributed by atoms with Gasteiger partial charge in [0.25, 0.3) is 5.91 Å². The van der Waals surface area contributed by atoms with E-state index in [1.165, 1.54) is 11.1 Å². The van der Waals surface area contributed by atoms with Gasteiger partial charge in [0, 0.05) is 13.1 Å². The van der Waals surface area contributed by atoms with Crippen LogP contribution in [0.1, 0.15) is 44.7 Å². The number of imide groups is 1. The zero-order chi connectivity index (χ0) is 23.9. The highest BCUT2D eigenvalue weighted by molar-refractivity contribution is 6.23. The molecule has 12 heteroatoms. The Balaban J connectivity index is 1.75. The monoisotopic (exact) mass is 454 g/mol. The van der Waals surface area contributed by atoms with E-state index in [1.54, 1.807) is 20.8 Å². The van der Waals surface area contributed by atoms with Crippen LogP contribution in [0.15, 0.2) is 18.2 Å². The lowest BCUT2D eigenvalue weighted by Gasteiger charge is -2.36. The number of amides is 3. The van der Waals surface area contributed by atoms with Crippen molar-refractivity contribution in [3.8, 4) is 6.07 Å². The highest BCUT2D eigenvalue weighted by atomic mass is 19.4. The number of nitriles is 1. The molecule has 2 fully saturated rings. The van der Waals surface area contributed by atoms with E-state index in [9.17, 15) is 27.6 Å². The third kappa shape index (κ3) is 4.62.